The number of para-hydroxylation sites is 3. The number of nitrogens with zero attached hydrogens (tertiary/aromatic N) is 4. The molecule has 0 aliphatic carbocycles. The maximum Gasteiger partial charge on any atom is 0.137 e. The summed E-state index contributed by atoms with van der Waals surface area (Å²) in [7, 11) is 0. The fourth-order valence-corrected chi connectivity index (χ4v) is 8.02. The minimum Gasteiger partial charge on any atom is -0.457 e. The van der Waals surface area contributed by atoms with E-state index in [1.54, 1.807) is 0 Å². The lowest BCUT2D eigenvalue weighted by atomic mass is 9.86. The Morgan fingerprint density at radius 2 is 1.16 bits per heavy atom. The lowest BCUT2D eigenvalue weighted by Gasteiger charge is -2.25. The summed E-state index contributed by atoms with van der Waals surface area (Å²) in [4.78, 5) is 9.84. The van der Waals surface area contributed by atoms with Crippen LogP contribution in [0.3, 0.4) is 0 Å². The van der Waals surface area contributed by atoms with E-state index in [1.807, 2.05) is 12.3 Å². The number of aryl methyl sites for hydroxylation is 1. The molecular weight excluding hydrogens is 685 g/mol. The molecule has 2 aromatic heterocycles. The SMILES string of the molecule is Cc1cc(-n2c3ccccc3c3ccc(Oc4cccc(N5CN(c6cccc(C(C)(C)C)c6)c6ccccc65)c4)cc32)ncc1-c1ccc(C(C)(C)C)cc1. The highest BCUT2D eigenvalue weighted by Crippen LogP contribution is 2.45. The summed E-state index contributed by atoms with van der Waals surface area (Å²) >= 11 is 0. The Hall–Kier alpha value is -6.33. The second-order valence-electron chi connectivity index (χ2n) is 17.1. The average molecular weight is 733 g/mol. The van der Waals surface area contributed by atoms with Gasteiger partial charge in [-0.1, -0.05) is 114 Å². The summed E-state index contributed by atoms with van der Waals surface area (Å²) in [6, 6.07) is 52.0. The van der Waals surface area contributed by atoms with Gasteiger partial charge in [-0.05, 0) is 101 Å². The zero-order valence-corrected chi connectivity index (χ0v) is 33.3. The Kier molecular flexibility index (Phi) is 8.50. The van der Waals surface area contributed by atoms with E-state index in [1.165, 1.54) is 44.7 Å². The lowest BCUT2D eigenvalue weighted by Crippen LogP contribution is -2.24. The van der Waals surface area contributed by atoms with Gasteiger partial charge in [0, 0.05) is 46.0 Å². The third-order valence-corrected chi connectivity index (χ3v) is 11.2. The van der Waals surface area contributed by atoms with Crippen LogP contribution in [0.15, 0.2) is 152 Å². The Balaban J connectivity index is 1.04. The minimum absolute atomic E-state index is 0.0669. The predicted octanol–water partition coefficient (Wildman–Crippen LogP) is 13.8. The number of hydrogen-bond acceptors (Lipinski definition) is 4. The molecule has 1 aliphatic rings. The van der Waals surface area contributed by atoms with Crippen LogP contribution in [0, 0.1) is 6.92 Å². The van der Waals surface area contributed by atoms with Gasteiger partial charge < -0.3 is 14.5 Å². The molecule has 56 heavy (non-hydrogen) atoms. The Bertz CT molecular complexity index is 2750. The highest BCUT2D eigenvalue weighted by Gasteiger charge is 2.29. The van der Waals surface area contributed by atoms with Gasteiger partial charge in [0.15, 0.2) is 0 Å². The van der Waals surface area contributed by atoms with Crippen molar-refractivity contribution in [1.82, 2.24) is 9.55 Å². The Labute approximate surface area is 330 Å². The summed E-state index contributed by atoms with van der Waals surface area (Å²) in [5.74, 6) is 2.44. The summed E-state index contributed by atoms with van der Waals surface area (Å²) in [6.45, 7) is 16.4. The average Bonchev–Trinajstić information content (AvgIpc) is 3.74. The van der Waals surface area contributed by atoms with Gasteiger partial charge in [-0.25, -0.2) is 4.98 Å². The van der Waals surface area contributed by atoms with Gasteiger partial charge >= 0.3 is 0 Å². The van der Waals surface area contributed by atoms with E-state index >= 15 is 0 Å². The van der Waals surface area contributed by atoms with E-state index in [4.69, 9.17) is 9.72 Å². The molecule has 3 heterocycles. The summed E-state index contributed by atoms with van der Waals surface area (Å²) < 4.78 is 8.95. The van der Waals surface area contributed by atoms with Gasteiger partial charge in [0.1, 0.15) is 24.0 Å². The molecule has 0 spiro atoms. The second kappa shape index (κ2) is 13.5. The molecule has 0 saturated heterocycles. The van der Waals surface area contributed by atoms with E-state index in [0.717, 1.165) is 45.0 Å². The minimum atomic E-state index is 0.0669. The number of rotatable bonds is 6. The summed E-state index contributed by atoms with van der Waals surface area (Å²) in [5.41, 5.74) is 13.1. The first-order chi connectivity index (χ1) is 26.9. The number of benzene rings is 6. The first kappa shape index (κ1) is 35.4. The third-order valence-electron chi connectivity index (χ3n) is 11.2. The molecule has 5 nitrogen and oxygen atoms in total. The molecule has 6 aromatic carbocycles. The molecule has 1 aliphatic heterocycles. The number of fused-ring (bicyclic) bond motifs is 4. The molecule has 5 heteroatoms. The maximum atomic E-state index is 6.69. The van der Waals surface area contributed by atoms with E-state index in [0.29, 0.717) is 6.67 Å². The number of anilines is 4. The number of pyridine rings is 1. The van der Waals surface area contributed by atoms with Crippen LogP contribution in [-0.2, 0) is 10.8 Å². The normalized spacial score (nSPS) is 13.1. The number of ether oxygens (including phenoxy) is 1. The number of aromatic nitrogens is 2. The van der Waals surface area contributed by atoms with Crippen molar-refractivity contribution in [3.63, 3.8) is 0 Å². The standard InChI is InChI=1S/C51H48N4O/c1-34-28-49(52-32-44(34)35-22-24-36(25-23-35)50(2,3)4)55-45-19-9-8-18-42(45)43-27-26-41(31-48(43)55)56-40-17-13-16-39(30-40)54-33-53(46-20-10-11-21-47(46)54)38-15-12-14-37(29-38)51(5,6)7/h8-32H,33H2,1-7H3. The monoisotopic (exact) mass is 732 g/mol. The van der Waals surface area contributed by atoms with Crippen LogP contribution < -0.4 is 14.5 Å². The van der Waals surface area contributed by atoms with Crippen molar-refractivity contribution in [2.24, 2.45) is 0 Å². The molecule has 278 valence electrons. The van der Waals surface area contributed by atoms with Crippen LogP contribution in [0.1, 0.15) is 58.2 Å². The van der Waals surface area contributed by atoms with Crippen LogP contribution in [0.2, 0.25) is 0 Å². The molecule has 0 bridgehead atoms. The largest absolute Gasteiger partial charge is 0.457 e. The van der Waals surface area contributed by atoms with Gasteiger partial charge in [0.2, 0.25) is 0 Å². The first-order valence-corrected chi connectivity index (χ1v) is 19.6. The van der Waals surface area contributed by atoms with E-state index in [2.05, 4.69) is 202 Å². The van der Waals surface area contributed by atoms with E-state index in [-0.39, 0.29) is 10.8 Å². The van der Waals surface area contributed by atoms with E-state index < -0.39 is 0 Å². The van der Waals surface area contributed by atoms with Crippen LogP contribution in [-0.4, -0.2) is 16.2 Å². The highest BCUT2D eigenvalue weighted by atomic mass is 16.5. The third kappa shape index (κ3) is 6.37. The van der Waals surface area contributed by atoms with Crippen LogP contribution in [0.25, 0.3) is 38.8 Å². The van der Waals surface area contributed by atoms with Crippen molar-refractivity contribution in [2.75, 3.05) is 16.5 Å². The lowest BCUT2D eigenvalue weighted by molar-refractivity contribution is 0.483. The molecular formula is C51H48N4O. The number of hydrogen-bond donors (Lipinski definition) is 0. The second-order valence-corrected chi connectivity index (χ2v) is 17.1. The van der Waals surface area contributed by atoms with Crippen LogP contribution in [0.5, 0.6) is 11.5 Å². The molecule has 9 rings (SSSR count). The van der Waals surface area contributed by atoms with Crippen LogP contribution >= 0.6 is 0 Å². The molecule has 0 saturated carbocycles. The smallest absolute Gasteiger partial charge is 0.137 e. The zero-order valence-electron chi connectivity index (χ0n) is 33.3. The van der Waals surface area contributed by atoms with Gasteiger partial charge in [-0.2, -0.15) is 0 Å². The summed E-state index contributed by atoms with van der Waals surface area (Å²) in [6.07, 6.45) is 2.02. The van der Waals surface area contributed by atoms with Crippen molar-refractivity contribution in [3.8, 4) is 28.4 Å². The molecule has 0 unspecified atom stereocenters. The van der Waals surface area contributed by atoms with Crippen molar-refractivity contribution >= 4 is 44.6 Å². The fourth-order valence-electron chi connectivity index (χ4n) is 8.02. The van der Waals surface area contributed by atoms with Gasteiger partial charge in [0.25, 0.3) is 0 Å². The van der Waals surface area contributed by atoms with Gasteiger partial charge in [0.05, 0.1) is 22.4 Å². The van der Waals surface area contributed by atoms with E-state index in [9.17, 15) is 0 Å². The molecule has 0 N–H and O–H groups in total. The van der Waals surface area contributed by atoms with Gasteiger partial charge in [-0.15, -0.1) is 0 Å². The predicted molar refractivity (Wildman–Crippen MR) is 235 cm³/mol. The van der Waals surface area contributed by atoms with Gasteiger partial charge in [-0.3, -0.25) is 4.57 Å². The van der Waals surface area contributed by atoms with Crippen molar-refractivity contribution in [1.29, 1.82) is 0 Å². The first-order valence-electron chi connectivity index (χ1n) is 19.6. The van der Waals surface area contributed by atoms with Crippen molar-refractivity contribution < 1.29 is 4.74 Å². The molecule has 8 aromatic rings. The van der Waals surface area contributed by atoms with Crippen molar-refractivity contribution in [3.05, 3.63) is 168 Å². The van der Waals surface area contributed by atoms with Crippen molar-refractivity contribution in [2.45, 2.75) is 59.3 Å². The fraction of sp³-hybridized carbons (Fsp3) is 0.196. The molecule has 0 atom stereocenters. The Morgan fingerprint density at radius 1 is 0.536 bits per heavy atom. The molecule has 0 amide bonds. The zero-order chi connectivity index (χ0) is 38.8. The van der Waals surface area contributed by atoms with Crippen LogP contribution in [0.4, 0.5) is 22.7 Å². The maximum absolute atomic E-state index is 6.69. The molecule has 0 radical (unpaired) electrons. The Morgan fingerprint density at radius 3 is 1.86 bits per heavy atom. The quantitative estimate of drug-likeness (QED) is 0.170. The highest BCUT2D eigenvalue weighted by molar-refractivity contribution is 6.09. The summed E-state index contributed by atoms with van der Waals surface area (Å²) in [5, 5.41) is 2.34. The topological polar surface area (TPSA) is 33.5 Å². The molecule has 0 fully saturated rings.